The summed E-state index contributed by atoms with van der Waals surface area (Å²) in [4.78, 5) is -0.0626. The van der Waals surface area contributed by atoms with Crippen molar-refractivity contribution in [2.24, 2.45) is 0 Å². The van der Waals surface area contributed by atoms with Gasteiger partial charge in [0.05, 0.1) is 0 Å². The van der Waals surface area contributed by atoms with Crippen molar-refractivity contribution in [1.29, 1.82) is 0 Å². The fourth-order valence-electron chi connectivity index (χ4n) is 2.32. The Balaban J connectivity index is 4.08. The number of allylic oxidation sites excluding steroid dienone is 4. The molecule has 0 heterocycles. The Labute approximate surface area is 133 Å². The highest BCUT2D eigenvalue weighted by Crippen LogP contribution is 2.32. The van der Waals surface area contributed by atoms with Gasteiger partial charge in [0.2, 0.25) is 0 Å². The third-order valence-electron chi connectivity index (χ3n) is 3.04. The lowest BCUT2D eigenvalue weighted by atomic mass is 9.96. The standard InChI is InChI=1S/C18H22O3S/c1-5-9-14-13-15(10-6-2)17(12-8-4)18(22(19,20)21)16(14)11-7-3/h5-13H,1-4H3,(H,19,20,21). The van der Waals surface area contributed by atoms with E-state index in [-0.39, 0.29) is 4.90 Å². The zero-order chi connectivity index (χ0) is 16.8. The van der Waals surface area contributed by atoms with Crippen molar-refractivity contribution < 1.29 is 13.0 Å². The summed E-state index contributed by atoms with van der Waals surface area (Å²) in [7, 11) is -4.36. The summed E-state index contributed by atoms with van der Waals surface area (Å²) in [6, 6.07) is 1.92. The van der Waals surface area contributed by atoms with Gasteiger partial charge in [0, 0.05) is 11.1 Å². The minimum absolute atomic E-state index is 0.0626. The lowest BCUT2D eigenvalue weighted by Gasteiger charge is -2.14. The van der Waals surface area contributed by atoms with Gasteiger partial charge in [0.15, 0.2) is 0 Å². The van der Waals surface area contributed by atoms with E-state index < -0.39 is 10.1 Å². The Bertz CT molecular complexity index is 703. The van der Waals surface area contributed by atoms with Gasteiger partial charge in [-0.1, -0.05) is 48.6 Å². The maximum atomic E-state index is 12.0. The van der Waals surface area contributed by atoms with E-state index in [1.807, 2.05) is 58.1 Å². The van der Waals surface area contributed by atoms with Crippen LogP contribution in [0.4, 0.5) is 0 Å². The number of rotatable bonds is 5. The summed E-state index contributed by atoms with van der Waals surface area (Å²) < 4.78 is 33.7. The molecule has 0 aliphatic rings. The molecule has 0 aromatic heterocycles. The molecule has 0 amide bonds. The van der Waals surface area contributed by atoms with Crippen molar-refractivity contribution in [3.8, 4) is 0 Å². The zero-order valence-electron chi connectivity index (χ0n) is 13.4. The van der Waals surface area contributed by atoms with Crippen LogP contribution in [0.3, 0.4) is 0 Å². The minimum Gasteiger partial charge on any atom is -0.282 e. The van der Waals surface area contributed by atoms with E-state index in [1.54, 1.807) is 24.3 Å². The van der Waals surface area contributed by atoms with Crippen LogP contribution < -0.4 is 0 Å². The molecule has 0 unspecified atom stereocenters. The van der Waals surface area contributed by atoms with Crippen LogP contribution in [0.1, 0.15) is 49.9 Å². The van der Waals surface area contributed by atoms with Crippen LogP contribution in [0, 0.1) is 0 Å². The van der Waals surface area contributed by atoms with E-state index in [0.29, 0.717) is 11.1 Å². The Kier molecular flexibility index (Phi) is 6.53. The molecule has 1 aromatic rings. The molecule has 1 N–H and O–H groups in total. The third kappa shape index (κ3) is 4.06. The molecule has 0 radical (unpaired) electrons. The molecule has 0 fully saturated rings. The first-order valence-corrected chi connectivity index (χ1v) is 8.53. The molecule has 4 heteroatoms. The van der Waals surface area contributed by atoms with Gasteiger partial charge in [0.25, 0.3) is 10.1 Å². The van der Waals surface area contributed by atoms with E-state index in [9.17, 15) is 13.0 Å². The molecule has 0 saturated carbocycles. The molecule has 3 nitrogen and oxygen atoms in total. The first kappa shape index (κ1) is 18.1. The normalized spacial score (nSPS) is 13.3. The molecule has 0 aliphatic heterocycles. The van der Waals surface area contributed by atoms with Crippen molar-refractivity contribution in [2.75, 3.05) is 0 Å². The highest BCUT2D eigenvalue weighted by molar-refractivity contribution is 7.86. The van der Waals surface area contributed by atoms with Crippen molar-refractivity contribution >= 4 is 34.4 Å². The molecule has 0 spiro atoms. The number of hydrogen-bond donors (Lipinski definition) is 1. The second kappa shape index (κ2) is 7.92. The molecule has 0 saturated heterocycles. The van der Waals surface area contributed by atoms with Crippen molar-refractivity contribution in [2.45, 2.75) is 32.6 Å². The quantitative estimate of drug-likeness (QED) is 0.771. The van der Waals surface area contributed by atoms with Crippen LogP contribution in [0.15, 0.2) is 35.3 Å². The van der Waals surface area contributed by atoms with Gasteiger partial charge in [0.1, 0.15) is 4.90 Å². The highest BCUT2D eigenvalue weighted by atomic mass is 32.2. The van der Waals surface area contributed by atoms with Gasteiger partial charge in [-0.2, -0.15) is 8.42 Å². The molecule has 0 aliphatic carbocycles. The molecule has 1 rings (SSSR count). The van der Waals surface area contributed by atoms with Gasteiger partial charge in [-0.15, -0.1) is 0 Å². The van der Waals surface area contributed by atoms with E-state index in [1.165, 1.54) is 0 Å². The molecular formula is C18H22O3S. The first-order valence-electron chi connectivity index (χ1n) is 7.09. The molecule has 118 valence electrons. The van der Waals surface area contributed by atoms with Crippen LogP contribution in [0.25, 0.3) is 24.3 Å². The van der Waals surface area contributed by atoms with Gasteiger partial charge in [-0.25, -0.2) is 0 Å². The van der Waals surface area contributed by atoms with Crippen molar-refractivity contribution in [3.05, 3.63) is 52.6 Å². The average molecular weight is 318 g/mol. The van der Waals surface area contributed by atoms with Gasteiger partial charge >= 0.3 is 0 Å². The van der Waals surface area contributed by atoms with Crippen molar-refractivity contribution in [1.82, 2.24) is 0 Å². The fourth-order valence-corrected chi connectivity index (χ4v) is 3.25. The third-order valence-corrected chi connectivity index (χ3v) is 4.00. The van der Waals surface area contributed by atoms with Crippen molar-refractivity contribution in [3.63, 3.8) is 0 Å². The van der Waals surface area contributed by atoms with Gasteiger partial charge in [-0.05, 0) is 44.9 Å². The maximum Gasteiger partial charge on any atom is 0.295 e. The highest BCUT2D eigenvalue weighted by Gasteiger charge is 2.22. The lowest BCUT2D eigenvalue weighted by Crippen LogP contribution is -2.07. The smallest absolute Gasteiger partial charge is 0.282 e. The SMILES string of the molecule is CC=Cc1cc(C=CC)c(C=CC)c(S(=O)(=O)O)c1C=CC. The zero-order valence-corrected chi connectivity index (χ0v) is 14.2. The van der Waals surface area contributed by atoms with Gasteiger partial charge in [-0.3, -0.25) is 4.55 Å². The molecular weight excluding hydrogens is 296 g/mol. The lowest BCUT2D eigenvalue weighted by molar-refractivity contribution is 0.483. The summed E-state index contributed by atoms with van der Waals surface area (Å²) in [6.07, 6.45) is 14.2. The Morgan fingerprint density at radius 3 is 1.41 bits per heavy atom. The second-order valence-corrected chi connectivity index (χ2v) is 6.04. The molecule has 1 aromatic carbocycles. The topological polar surface area (TPSA) is 54.4 Å². The summed E-state index contributed by atoms with van der Waals surface area (Å²) >= 11 is 0. The molecule has 0 atom stereocenters. The second-order valence-electron chi connectivity index (χ2n) is 4.69. The van der Waals surface area contributed by atoms with Crippen LogP contribution in [0.5, 0.6) is 0 Å². The largest absolute Gasteiger partial charge is 0.295 e. The number of hydrogen-bond acceptors (Lipinski definition) is 2. The predicted octanol–water partition coefficient (Wildman–Crippen LogP) is 5.07. The first-order chi connectivity index (χ1) is 10.4. The summed E-state index contributed by atoms with van der Waals surface area (Å²) in [5, 5.41) is 0. The fraction of sp³-hybridized carbons (Fsp3) is 0.222. The Hall–Kier alpha value is -1.91. The van der Waals surface area contributed by atoms with E-state index in [4.69, 9.17) is 0 Å². The average Bonchev–Trinajstić information content (AvgIpc) is 2.42. The predicted molar refractivity (Wildman–Crippen MR) is 95.1 cm³/mol. The number of benzene rings is 1. The van der Waals surface area contributed by atoms with E-state index in [0.717, 1.165) is 11.1 Å². The monoisotopic (exact) mass is 318 g/mol. The Morgan fingerprint density at radius 2 is 1.14 bits per heavy atom. The van der Waals surface area contributed by atoms with Gasteiger partial charge < -0.3 is 0 Å². The Morgan fingerprint density at radius 1 is 0.773 bits per heavy atom. The van der Waals surface area contributed by atoms with E-state index in [2.05, 4.69) is 0 Å². The maximum absolute atomic E-state index is 12.0. The van der Waals surface area contributed by atoms with Crippen LogP contribution in [0.2, 0.25) is 0 Å². The summed E-state index contributed by atoms with van der Waals surface area (Å²) in [5.41, 5.74) is 2.47. The molecule has 22 heavy (non-hydrogen) atoms. The van der Waals surface area contributed by atoms with E-state index >= 15 is 0 Å². The van der Waals surface area contributed by atoms with Crippen LogP contribution in [-0.2, 0) is 10.1 Å². The molecule has 0 bridgehead atoms. The minimum atomic E-state index is -4.36. The van der Waals surface area contributed by atoms with Crippen LogP contribution in [-0.4, -0.2) is 13.0 Å². The van der Waals surface area contributed by atoms with Crippen LogP contribution >= 0.6 is 0 Å². The summed E-state index contributed by atoms with van der Waals surface area (Å²) in [5.74, 6) is 0. The summed E-state index contributed by atoms with van der Waals surface area (Å²) in [6.45, 7) is 7.34.